The van der Waals surface area contributed by atoms with Crippen LogP contribution in [0.25, 0.3) is 11.4 Å². The first-order valence-electron chi connectivity index (χ1n) is 23.3. The lowest BCUT2D eigenvalue weighted by molar-refractivity contribution is -0.220. The van der Waals surface area contributed by atoms with E-state index < -0.39 is 95.5 Å². The summed E-state index contributed by atoms with van der Waals surface area (Å²) in [7, 11) is 0.891. The van der Waals surface area contributed by atoms with E-state index in [1.165, 1.54) is 18.5 Å². The number of benzene rings is 2. The zero-order valence-electron chi connectivity index (χ0n) is 41.1. The van der Waals surface area contributed by atoms with Crippen LogP contribution < -0.4 is 26.3 Å². The van der Waals surface area contributed by atoms with Gasteiger partial charge in [0.25, 0.3) is 5.91 Å². The highest BCUT2D eigenvalue weighted by atomic mass is 19.4. The zero-order valence-corrected chi connectivity index (χ0v) is 41.1. The summed E-state index contributed by atoms with van der Waals surface area (Å²) in [4.78, 5) is 69.3. The number of hydrazine groups is 1. The van der Waals surface area contributed by atoms with Gasteiger partial charge in [-0.15, -0.1) is 0 Å². The van der Waals surface area contributed by atoms with Crippen molar-refractivity contribution in [2.24, 2.45) is 10.8 Å². The van der Waals surface area contributed by atoms with Crippen molar-refractivity contribution in [1.82, 2.24) is 46.2 Å². The first kappa shape index (κ1) is 55.3. The Morgan fingerprint density at radius 3 is 2.00 bits per heavy atom. The van der Waals surface area contributed by atoms with E-state index in [0.717, 1.165) is 69.5 Å². The second kappa shape index (κ2) is 23.7. The lowest BCUT2D eigenvalue weighted by Crippen LogP contribution is -2.63. The van der Waals surface area contributed by atoms with E-state index >= 15 is 8.78 Å². The molecule has 4 aromatic rings. The smallest absolute Gasteiger partial charge is 0.407 e. The van der Waals surface area contributed by atoms with Crippen LogP contribution in [0.1, 0.15) is 56.9 Å². The van der Waals surface area contributed by atoms with Gasteiger partial charge >= 0.3 is 18.4 Å². The maximum Gasteiger partial charge on any atom is 0.407 e. The highest BCUT2D eigenvalue weighted by Gasteiger charge is 2.56. The van der Waals surface area contributed by atoms with Crippen LogP contribution in [0, 0.1) is 34.3 Å². The Morgan fingerprint density at radius 1 is 0.849 bits per heavy atom. The molecule has 0 bridgehead atoms. The van der Waals surface area contributed by atoms with Gasteiger partial charge in [-0.3, -0.25) is 19.9 Å². The van der Waals surface area contributed by atoms with Gasteiger partial charge in [-0.05, 0) is 73.7 Å². The standard InChI is InChI=1S/C50H59F5N10O8/c1-48(2,3)41(60-46(69)70)45(68)62-65(26-35-36(51)23-33(24-37(35)52)43-56-16-7-17-57-43)27-39(66)38(59-44(67)42(61-47(71)72-6)49(4,5)50(53,54)55)22-31-11-8-30(9-12-31)10-13-32-14-15-40(58-25-32)64-20-18-63(19-21-64)34-28-73-29-34/h7-9,11-12,14-17,23-25,34,38-39,41-42,60,66H,18-22,26-29H2,1-6H3,(H,59,67)(H,61,71)(H,62,68)(H,69,70)/t38-,39-,41+,42+/m0/s1. The molecule has 0 aliphatic carbocycles. The van der Waals surface area contributed by atoms with Gasteiger partial charge in [0.1, 0.15) is 29.5 Å². The Labute approximate surface area is 419 Å². The van der Waals surface area contributed by atoms with Crippen LogP contribution in [-0.2, 0) is 32.0 Å². The van der Waals surface area contributed by atoms with Crippen molar-refractivity contribution in [3.8, 4) is 23.2 Å². The Kier molecular flexibility index (Phi) is 18.0. The summed E-state index contributed by atoms with van der Waals surface area (Å²) >= 11 is 0. The van der Waals surface area contributed by atoms with Gasteiger partial charge in [-0.25, -0.2) is 38.3 Å². The molecule has 2 aliphatic heterocycles. The van der Waals surface area contributed by atoms with Crippen molar-refractivity contribution >= 4 is 29.8 Å². The van der Waals surface area contributed by atoms with Crippen LogP contribution >= 0.6 is 0 Å². The molecule has 4 atom stereocenters. The SMILES string of the molecule is COC(=O)N[C@H](C(=O)N[C@@H](Cc1ccc(C#Cc2ccc(N3CCN(C4COC4)CC3)nc2)cc1)[C@@H](O)CN(Cc1c(F)cc(-c2ncccn2)cc1F)NC(=O)[C@@H](NC(=O)O)C(C)(C)C)C(C)(C)C(F)(F)F. The van der Waals surface area contributed by atoms with E-state index in [2.05, 4.69) is 57.4 Å². The molecular formula is C50H59F5N10O8. The number of piperazine rings is 1. The Morgan fingerprint density at radius 2 is 1.47 bits per heavy atom. The van der Waals surface area contributed by atoms with Crippen molar-refractivity contribution in [2.75, 3.05) is 57.9 Å². The van der Waals surface area contributed by atoms with Crippen LogP contribution in [0.15, 0.2) is 73.2 Å². The quantitative estimate of drug-likeness (QED) is 0.0482. The van der Waals surface area contributed by atoms with Gasteiger partial charge in [0, 0.05) is 80.1 Å². The maximum absolute atomic E-state index is 15.9. The number of alkyl carbamates (subject to hydrolysis) is 1. The molecule has 0 spiro atoms. The molecule has 2 saturated heterocycles. The molecule has 23 heteroatoms. The molecule has 6 rings (SSSR count). The number of nitrogens with one attached hydrogen (secondary N) is 4. The van der Waals surface area contributed by atoms with Gasteiger partial charge in [-0.2, -0.15) is 13.2 Å². The normalized spacial score (nSPS) is 16.2. The number of ether oxygens (including phenoxy) is 2. The number of carbonyl (C=O) groups is 4. The molecule has 2 fully saturated rings. The fourth-order valence-corrected chi connectivity index (χ4v) is 8.03. The summed E-state index contributed by atoms with van der Waals surface area (Å²) in [5, 5.41) is 29.0. The van der Waals surface area contributed by atoms with Crippen molar-refractivity contribution < 1.29 is 60.8 Å². The van der Waals surface area contributed by atoms with Gasteiger partial charge < -0.3 is 40.5 Å². The summed E-state index contributed by atoms with van der Waals surface area (Å²) in [5.41, 5.74) is -0.607. The Hall–Kier alpha value is -7.00. The van der Waals surface area contributed by atoms with Crippen LogP contribution in [0.2, 0.25) is 0 Å². The number of halogens is 5. The minimum atomic E-state index is -5.06. The summed E-state index contributed by atoms with van der Waals surface area (Å²) in [5.74, 6) is 2.31. The second-order valence-corrected chi connectivity index (χ2v) is 19.3. The number of carboxylic acid groups (broad SMARTS) is 1. The van der Waals surface area contributed by atoms with Gasteiger partial charge in [0.05, 0.1) is 43.9 Å². The molecule has 0 saturated carbocycles. The number of rotatable bonds is 17. The molecule has 4 heterocycles. The van der Waals surface area contributed by atoms with E-state index in [1.54, 1.807) is 51.2 Å². The van der Waals surface area contributed by atoms with E-state index in [4.69, 9.17) is 4.74 Å². The number of nitrogens with zero attached hydrogens (tertiary/aromatic N) is 6. The van der Waals surface area contributed by atoms with Gasteiger partial charge in [-0.1, -0.05) is 44.7 Å². The molecule has 4 amide bonds. The monoisotopic (exact) mass is 1020 g/mol. The third-order valence-electron chi connectivity index (χ3n) is 12.6. The number of methoxy groups -OCH3 is 1. The first-order valence-corrected chi connectivity index (χ1v) is 23.3. The molecule has 392 valence electrons. The lowest BCUT2D eigenvalue weighted by Gasteiger charge is -2.42. The van der Waals surface area contributed by atoms with Crippen molar-refractivity contribution in [2.45, 2.75) is 84.0 Å². The number of alkyl halides is 3. The van der Waals surface area contributed by atoms with Gasteiger partial charge in [0.2, 0.25) is 5.91 Å². The molecular weight excluding hydrogens is 964 g/mol. The number of amides is 4. The fourth-order valence-electron chi connectivity index (χ4n) is 8.03. The number of carbonyl (C=O) groups excluding carboxylic acids is 3. The van der Waals surface area contributed by atoms with E-state index in [0.29, 0.717) is 36.6 Å². The summed E-state index contributed by atoms with van der Waals surface area (Å²) in [6, 6.07) is 8.78. The van der Waals surface area contributed by atoms with Crippen molar-refractivity contribution in [3.05, 3.63) is 107 Å². The van der Waals surface area contributed by atoms with Gasteiger partial charge in [0.15, 0.2) is 5.82 Å². The molecule has 2 aliphatic rings. The summed E-state index contributed by atoms with van der Waals surface area (Å²) in [6.45, 7) is 9.43. The predicted molar refractivity (Wildman–Crippen MR) is 256 cm³/mol. The maximum atomic E-state index is 15.9. The van der Waals surface area contributed by atoms with Crippen LogP contribution in [0.4, 0.5) is 37.4 Å². The average Bonchev–Trinajstić information content (AvgIpc) is 3.32. The third-order valence-corrected chi connectivity index (χ3v) is 12.6. The van der Waals surface area contributed by atoms with Crippen molar-refractivity contribution in [3.63, 3.8) is 0 Å². The van der Waals surface area contributed by atoms with Crippen LogP contribution in [0.3, 0.4) is 0 Å². The number of aromatic nitrogens is 3. The van der Waals surface area contributed by atoms with E-state index in [-0.39, 0.29) is 17.8 Å². The minimum absolute atomic E-state index is 0.00431. The fraction of sp³-hybridized carbons (Fsp3) is 0.460. The second-order valence-electron chi connectivity index (χ2n) is 19.3. The van der Waals surface area contributed by atoms with E-state index in [1.807, 2.05) is 17.4 Å². The summed E-state index contributed by atoms with van der Waals surface area (Å²) in [6.07, 6.45) is -5.76. The van der Waals surface area contributed by atoms with Crippen molar-refractivity contribution in [1.29, 1.82) is 0 Å². The topological polar surface area (TPSA) is 224 Å². The molecule has 0 radical (unpaired) electrons. The zero-order chi connectivity index (χ0) is 53.3. The molecule has 0 unspecified atom stereocenters. The average molecular weight is 1020 g/mol. The van der Waals surface area contributed by atoms with Crippen LogP contribution in [-0.4, -0.2) is 149 Å². The summed E-state index contributed by atoms with van der Waals surface area (Å²) < 4.78 is 85.2. The number of pyridine rings is 1. The number of hydrogen-bond acceptors (Lipinski definition) is 13. The minimum Gasteiger partial charge on any atom is -0.465 e. The lowest BCUT2D eigenvalue weighted by atomic mass is 9.82. The molecule has 6 N–H and O–H groups in total. The Bertz CT molecular complexity index is 2590. The number of anilines is 1. The molecule has 2 aromatic heterocycles. The number of aliphatic hydroxyl groups excluding tert-OH is 1. The van der Waals surface area contributed by atoms with E-state index in [9.17, 15) is 42.6 Å². The highest BCUT2D eigenvalue weighted by molar-refractivity contribution is 5.87. The number of aliphatic hydroxyl groups is 1. The largest absolute Gasteiger partial charge is 0.465 e. The molecule has 73 heavy (non-hydrogen) atoms. The van der Waals surface area contributed by atoms with Crippen LogP contribution in [0.5, 0.6) is 0 Å². The highest BCUT2D eigenvalue weighted by Crippen LogP contribution is 2.40. The third kappa shape index (κ3) is 14.6. The Balaban J connectivity index is 1.28. The molecule has 18 nitrogen and oxygen atoms in total. The predicted octanol–water partition coefficient (Wildman–Crippen LogP) is 4.65. The first-order chi connectivity index (χ1) is 34.4. The molecule has 2 aromatic carbocycles. The number of hydrogen-bond donors (Lipinski definition) is 6.